The standard InChI is InChI=1S/C22H23F4N3O4/c1-3-27(21(33)22(24,25)26)8-12-9-28(11(12)2)18-7-17-14(6-16(18)23)19(30)15(20(31)32)10-29(17)13-4-5-13/h6-7,10-13H,3-5,8-9H2,1-2H3,(H,31,32)/t11-,12+/m1/s1. The molecule has 1 aliphatic heterocycles. The molecule has 1 aromatic heterocycles. The summed E-state index contributed by atoms with van der Waals surface area (Å²) < 4.78 is 55.1. The van der Waals surface area contributed by atoms with Crippen molar-refractivity contribution in [1.82, 2.24) is 9.47 Å². The number of anilines is 1. The topological polar surface area (TPSA) is 82.8 Å². The molecule has 0 spiro atoms. The minimum absolute atomic E-state index is 0.0255. The fourth-order valence-electron chi connectivity index (χ4n) is 4.42. The summed E-state index contributed by atoms with van der Waals surface area (Å²) in [5.41, 5.74) is -0.582. The van der Waals surface area contributed by atoms with E-state index in [1.54, 1.807) is 16.4 Å². The Morgan fingerprint density at radius 2 is 1.91 bits per heavy atom. The predicted octanol–water partition coefficient (Wildman–Crippen LogP) is 3.41. The van der Waals surface area contributed by atoms with Crippen molar-refractivity contribution < 1.29 is 32.3 Å². The van der Waals surface area contributed by atoms with Gasteiger partial charge in [0.1, 0.15) is 11.4 Å². The number of aromatic nitrogens is 1. The maximum atomic E-state index is 15.0. The van der Waals surface area contributed by atoms with Crippen molar-refractivity contribution in [3.05, 3.63) is 39.9 Å². The summed E-state index contributed by atoms with van der Waals surface area (Å²) in [6.07, 6.45) is -2.04. The molecule has 2 atom stereocenters. The molecule has 33 heavy (non-hydrogen) atoms. The van der Waals surface area contributed by atoms with E-state index in [1.807, 2.05) is 0 Å². The third kappa shape index (κ3) is 4.04. The Morgan fingerprint density at radius 1 is 1.24 bits per heavy atom. The quantitative estimate of drug-likeness (QED) is 0.656. The van der Waals surface area contributed by atoms with Gasteiger partial charge in [0.05, 0.1) is 11.2 Å². The smallest absolute Gasteiger partial charge is 0.471 e. The number of pyridine rings is 1. The number of hydrogen-bond donors (Lipinski definition) is 1. The molecule has 2 aromatic rings. The highest BCUT2D eigenvalue weighted by Crippen LogP contribution is 2.40. The molecule has 11 heteroatoms. The van der Waals surface area contributed by atoms with Crippen LogP contribution in [0.3, 0.4) is 0 Å². The molecule has 0 unspecified atom stereocenters. The van der Waals surface area contributed by atoms with Gasteiger partial charge >= 0.3 is 18.1 Å². The van der Waals surface area contributed by atoms with Crippen LogP contribution >= 0.6 is 0 Å². The summed E-state index contributed by atoms with van der Waals surface area (Å²) in [6, 6.07) is 2.22. The van der Waals surface area contributed by atoms with Crippen LogP contribution in [0.25, 0.3) is 10.9 Å². The minimum atomic E-state index is -4.95. The summed E-state index contributed by atoms with van der Waals surface area (Å²) >= 11 is 0. The van der Waals surface area contributed by atoms with E-state index in [-0.39, 0.29) is 48.7 Å². The summed E-state index contributed by atoms with van der Waals surface area (Å²) in [5.74, 6) is -4.27. The number of amides is 1. The van der Waals surface area contributed by atoms with Crippen molar-refractivity contribution in [3.8, 4) is 0 Å². The number of nitrogens with zero attached hydrogens (tertiary/aromatic N) is 3. The zero-order valence-electron chi connectivity index (χ0n) is 18.0. The summed E-state index contributed by atoms with van der Waals surface area (Å²) in [4.78, 5) is 38.1. The Kier molecular flexibility index (Phi) is 5.61. The number of carbonyl (C=O) groups is 2. The number of carboxylic acids is 1. The number of rotatable bonds is 6. The summed E-state index contributed by atoms with van der Waals surface area (Å²) in [5, 5.41) is 9.32. The van der Waals surface area contributed by atoms with Crippen molar-refractivity contribution in [2.45, 2.75) is 44.9 Å². The van der Waals surface area contributed by atoms with Crippen LogP contribution in [0, 0.1) is 11.7 Å². The number of benzene rings is 1. The Bertz CT molecular complexity index is 1190. The van der Waals surface area contributed by atoms with Gasteiger partial charge in [-0.15, -0.1) is 0 Å². The van der Waals surface area contributed by atoms with E-state index >= 15 is 4.39 Å². The van der Waals surface area contributed by atoms with Crippen LogP contribution < -0.4 is 10.3 Å². The largest absolute Gasteiger partial charge is 0.477 e. The molecule has 1 aromatic carbocycles. The van der Waals surface area contributed by atoms with Crippen molar-refractivity contribution in [1.29, 1.82) is 0 Å². The van der Waals surface area contributed by atoms with Crippen molar-refractivity contribution >= 4 is 28.5 Å². The second-order valence-corrected chi connectivity index (χ2v) is 8.63. The highest BCUT2D eigenvalue weighted by atomic mass is 19.4. The monoisotopic (exact) mass is 469 g/mol. The zero-order valence-corrected chi connectivity index (χ0v) is 18.0. The van der Waals surface area contributed by atoms with Gasteiger partial charge in [0.2, 0.25) is 5.43 Å². The van der Waals surface area contributed by atoms with Gasteiger partial charge in [-0.2, -0.15) is 13.2 Å². The highest BCUT2D eigenvalue weighted by molar-refractivity contribution is 5.93. The van der Waals surface area contributed by atoms with E-state index < -0.39 is 34.9 Å². The Morgan fingerprint density at radius 3 is 2.42 bits per heavy atom. The second kappa shape index (κ2) is 8.03. The molecular weight excluding hydrogens is 446 g/mol. The Hall–Kier alpha value is -3.11. The van der Waals surface area contributed by atoms with Gasteiger partial charge in [-0.05, 0) is 38.8 Å². The van der Waals surface area contributed by atoms with E-state index in [2.05, 4.69) is 0 Å². The molecule has 2 fully saturated rings. The van der Waals surface area contributed by atoms with E-state index in [0.717, 1.165) is 23.8 Å². The first-order chi connectivity index (χ1) is 15.4. The van der Waals surface area contributed by atoms with E-state index in [1.165, 1.54) is 19.2 Å². The van der Waals surface area contributed by atoms with Gasteiger partial charge in [-0.25, -0.2) is 9.18 Å². The molecule has 0 radical (unpaired) electrons. The lowest BCUT2D eigenvalue weighted by atomic mass is 9.88. The van der Waals surface area contributed by atoms with Crippen molar-refractivity contribution in [2.75, 3.05) is 24.5 Å². The van der Waals surface area contributed by atoms with Crippen LogP contribution in [-0.2, 0) is 4.79 Å². The normalized spacial score (nSPS) is 20.6. The predicted molar refractivity (Wildman–Crippen MR) is 112 cm³/mol. The average Bonchev–Trinajstić information content (AvgIpc) is 3.58. The lowest BCUT2D eigenvalue weighted by molar-refractivity contribution is -0.186. The molecule has 1 N–H and O–H groups in total. The molecule has 178 valence electrons. The maximum absolute atomic E-state index is 15.0. The first-order valence-corrected chi connectivity index (χ1v) is 10.7. The molecule has 1 saturated carbocycles. The van der Waals surface area contributed by atoms with E-state index in [0.29, 0.717) is 5.52 Å². The number of alkyl halides is 3. The van der Waals surface area contributed by atoms with Crippen LogP contribution in [0.4, 0.5) is 23.2 Å². The third-order valence-electron chi connectivity index (χ3n) is 6.55. The summed E-state index contributed by atoms with van der Waals surface area (Å²) in [6.45, 7) is 3.26. The number of aromatic carboxylic acids is 1. The van der Waals surface area contributed by atoms with Crippen molar-refractivity contribution in [2.24, 2.45) is 5.92 Å². The van der Waals surface area contributed by atoms with Gasteiger partial charge in [-0.1, -0.05) is 0 Å². The molecule has 7 nitrogen and oxygen atoms in total. The third-order valence-corrected chi connectivity index (χ3v) is 6.55. The number of carboxylic acid groups (broad SMARTS) is 1. The van der Waals surface area contributed by atoms with Gasteiger partial charge in [0.25, 0.3) is 0 Å². The molecule has 1 amide bonds. The zero-order chi connectivity index (χ0) is 24.2. The number of carbonyl (C=O) groups excluding carboxylic acids is 1. The van der Waals surface area contributed by atoms with Gasteiger partial charge in [-0.3, -0.25) is 9.59 Å². The molecule has 1 aliphatic carbocycles. The van der Waals surface area contributed by atoms with Crippen LogP contribution in [-0.4, -0.2) is 58.3 Å². The van der Waals surface area contributed by atoms with Crippen LogP contribution in [0.5, 0.6) is 0 Å². The minimum Gasteiger partial charge on any atom is -0.477 e. The fraction of sp³-hybridized carbons (Fsp3) is 0.500. The lowest BCUT2D eigenvalue weighted by Gasteiger charge is -2.49. The highest BCUT2D eigenvalue weighted by Gasteiger charge is 2.45. The molecule has 4 rings (SSSR count). The van der Waals surface area contributed by atoms with Crippen LogP contribution in [0.2, 0.25) is 0 Å². The Balaban J connectivity index is 1.63. The van der Waals surface area contributed by atoms with Gasteiger partial charge in [0.15, 0.2) is 0 Å². The van der Waals surface area contributed by atoms with Gasteiger partial charge < -0.3 is 19.5 Å². The van der Waals surface area contributed by atoms with Crippen LogP contribution in [0.1, 0.15) is 43.1 Å². The molecule has 1 saturated heterocycles. The number of halogens is 4. The fourth-order valence-corrected chi connectivity index (χ4v) is 4.42. The number of hydrogen-bond acceptors (Lipinski definition) is 4. The Labute approximate surface area is 186 Å². The second-order valence-electron chi connectivity index (χ2n) is 8.63. The number of fused-ring (bicyclic) bond motifs is 1. The average molecular weight is 469 g/mol. The first kappa shape index (κ1) is 23.1. The first-order valence-electron chi connectivity index (χ1n) is 10.7. The van der Waals surface area contributed by atoms with E-state index in [4.69, 9.17) is 0 Å². The molecule has 0 bridgehead atoms. The van der Waals surface area contributed by atoms with Crippen LogP contribution in [0.15, 0.2) is 23.1 Å². The van der Waals surface area contributed by atoms with Gasteiger partial charge in [0, 0.05) is 49.2 Å². The summed E-state index contributed by atoms with van der Waals surface area (Å²) in [7, 11) is 0. The molecule has 2 aliphatic rings. The maximum Gasteiger partial charge on any atom is 0.471 e. The lowest BCUT2D eigenvalue weighted by Crippen LogP contribution is -2.60. The van der Waals surface area contributed by atoms with Crippen molar-refractivity contribution in [3.63, 3.8) is 0 Å². The SMILES string of the molecule is CCN(C[C@H]1CN(c2cc3c(cc2F)c(=O)c(C(=O)O)cn3C2CC2)[C@@H]1C)C(=O)C(F)(F)F. The van der Waals surface area contributed by atoms with E-state index in [9.17, 15) is 32.7 Å². The molecule has 2 heterocycles. The molecular formula is C22H23F4N3O4.